The Labute approximate surface area is 131 Å². The minimum atomic E-state index is 0.622. The van der Waals surface area contributed by atoms with Gasteiger partial charge in [0, 0.05) is 37.6 Å². The van der Waals surface area contributed by atoms with Crippen LogP contribution in [0.1, 0.15) is 6.92 Å². The maximum absolute atomic E-state index is 5.49. The van der Waals surface area contributed by atoms with E-state index in [9.17, 15) is 0 Å². The second-order valence-corrected chi connectivity index (χ2v) is 6.46. The quantitative estimate of drug-likeness (QED) is 0.851. The van der Waals surface area contributed by atoms with Crippen LogP contribution >= 0.6 is 0 Å². The molecule has 1 aromatic heterocycles. The molecule has 0 saturated carbocycles. The lowest BCUT2D eigenvalue weighted by molar-refractivity contribution is 0.0134. The minimum absolute atomic E-state index is 0.622. The number of pyridine rings is 1. The Balaban J connectivity index is 1.54. The van der Waals surface area contributed by atoms with Crippen LogP contribution in [0.25, 0.3) is 10.9 Å². The summed E-state index contributed by atoms with van der Waals surface area (Å²) in [5.74, 6) is 1.78. The molecule has 2 aromatic rings. The Morgan fingerprint density at radius 1 is 1.05 bits per heavy atom. The van der Waals surface area contributed by atoms with Crippen LogP contribution in [0.2, 0.25) is 0 Å². The van der Waals surface area contributed by atoms with Gasteiger partial charge in [-0.15, -0.1) is 0 Å². The van der Waals surface area contributed by atoms with Crippen LogP contribution in [0.15, 0.2) is 36.4 Å². The van der Waals surface area contributed by atoms with Crippen LogP contribution in [0.5, 0.6) is 0 Å². The zero-order chi connectivity index (χ0) is 14.9. The third-order valence-electron chi connectivity index (χ3n) is 5.00. The van der Waals surface area contributed by atoms with Gasteiger partial charge in [-0.1, -0.05) is 25.1 Å². The molecule has 4 rings (SSSR count). The van der Waals surface area contributed by atoms with E-state index in [-0.39, 0.29) is 0 Å². The van der Waals surface area contributed by atoms with Crippen LogP contribution < -0.4 is 4.90 Å². The second-order valence-electron chi connectivity index (χ2n) is 6.46. The molecule has 2 saturated heterocycles. The Hall–Kier alpha value is -1.65. The third kappa shape index (κ3) is 2.57. The first-order valence-corrected chi connectivity index (χ1v) is 8.24. The highest BCUT2D eigenvalue weighted by atomic mass is 16.5. The van der Waals surface area contributed by atoms with Gasteiger partial charge in [0.25, 0.3) is 0 Å². The molecular weight excluding hydrogens is 274 g/mol. The normalized spacial score (nSPS) is 26.7. The molecule has 0 amide bonds. The largest absolute Gasteiger partial charge is 0.379 e. The van der Waals surface area contributed by atoms with Gasteiger partial charge in [-0.25, -0.2) is 4.98 Å². The first-order valence-electron chi connectivity index (χ1n) is 8.24. The first-order chi connectivity index (χ1) is 10.8. The molecule has 4 heteroatoms. The fourth-order valence-corrected chi connectivity index (χ4v) is 3.75. The van der Waals surface area contributed by atoms with E-state index in [1.165, 1.54) is 5.39 Å². The van der Waals surface area contributed by atoms with Crippen LogP contribution in [0, 0.1) is 5.92 Å². The predicted octanol–water partition coefficient (Wildman–Crippen LogP) is 2.39. The molecule has 2 aliphatic heterocycles. The number of nitrogens with zero attached hydrogens (tertiary/aromatic N) is 3. The van der Waals surface area contributed by atoms with E-state index in [1.807, 2.05) is 0 Å². The lowest BCUT2D eigenvalue weighted by atomic mass is 10.0. The fraction of sp³-hybridized carbons (Fsp3) is 0.500. The number of morpholine rings is 1. The molecule has 4 nitrogen and oxygen atoms in total. The number of hydrogen-bond acceptors (Lipinski definition) is 4. The van der Waals surface area contributed by atoms with Crippen molar-refractivity contribution in [2.24, 2.45) is 5.92 Å². The summed E-state index contributed by atoms with van der Waals surface area (Å²) >= 11 is 0. The topological polar surface area (TPSA) is 28.6 Å². The number of fused-ring (bicyclic) bond motifs is 1. The summed E-state index contributed by atoms with van der Waals surface area (Å²) in [6.07, 6.45) is 0. The van der Waals surface area contributed by atoms with Crippen LogP contribution in [-0.4, -0.2) is 55.3 Å². The lowest BCUT2D eigenvalue weighted by Gasteiger charge is -2.34. The second kappa shape index (κ2) is 5.86. The summed E-state index contributed by atoms with van der Waals surface area (Å²) in [5.41, 5.74) is 1.09. The average molecular weight is 297 g/mol. The van der Waals surface area contributed by atoms with Crippen molar-refractivity contribution in [2.45, 2.75) is 13.0 Å². The van der Waals surface area contributed by atoms with Gasteiger partial charge in [0.1, 0.15) is 5.82 Å². The van der Waals surface area contributed by atoms with E-state index in [0.29, 0.717) is 12.0 Å². The Kier molecular flexibility index (Phi) is 3.72. The number of aromatic nitrogens is 1. The van der Waals surface area contributed by atoms with Gasteiger partial charge in [0.05, 0.1) is 18.7 Å². The van der Waals surface area contributed by atoms with Crippen molar-refractivity contribution in [1.29, 1.82) is 0 Å². The number of ether oxygens (including phenoxy) is 1. The molecule has 0 radical (unpaired) electrons. The van der Waals surface area contributed by atoms with Crippen molar-refractivity contribution in [3.8, 4) is 0 Å². The van der Waals surface area contributed by atoms with E-state index in [4.69, 9.17) is 9.72 Å². The SMILES string of the molecule is C[C@H]1CN(c2ccc3ccccc3n2)C[C@H]1N1CCOCC1. The van der Waals surface area contributed by atoms with Crippen molar-refractivity contribution < 1.29 is 4.74 Å². The van der Waals surface area contributed by atoms with Crippen molar-refractivity contribution in [3.05, 3.63) is 36.4 Å². The van der Waals surface area contributed by atoms with E-state index in [0.717, 1.165) is 50.7 Å². The molecule has 2 atom stereocenters. The van der Waals surface area contributed by atoms with Gasteiger partial charge in [-0.3, -0.25) is 4.90 Å². The maximum atomic E-state index is 5.49. The standard InChI is InChI=1S/C18H23N3O/c1-14-12-21(13-17(14)20-8-10-22-11-9-20)18-7-6-15-4-2-3-5-16(15)19-18/h2-7,14,17H,8-13H2,1H3/t14-,17+/m0/s1. The maximum Gasteiger partial charge on any atom is 0.129 e. The van der Waals surface area contributed by atoms with E-state index in [2.05, 4.69) is 53.1 Å². The first kappa shape index (κ1) is 14.0. The molecule has 22 heavy (non-hydrogen) atoms. The Bertz CT molecular complexity index is 654. The summed E-state index contributed by atoms with van der Waals surface area (Å²) in [7, 11) is 0. The highest BCUT2D eigenvalue weighted by molar-refractivity contribution is 5.80. The van der Waals surface area contributed by atoms with E-state index >= 15 is 0 Å². The van der Waals surface area contributed by atoms with Crippen LogP contribution in [0.4, 0.5) is 5.82 Å². The fourth-order valence-electron chi connectivity index (χ4n) is 3.75. The Morgan fingerprint density at radius 2 is 1.86 bits per heavy atom. The van der Waals surface area contributed by atoms with Crippen molar-refractivity contribution in [2.75, 3.05) is 44.3 Å². The van der Waals surface area contributed by atoms with Gasteiger partial charge >= 0.3 is 0 Å². The minimum Gasteiger partial charge on any atom is -0.379 e. The van der Waals surface area contributed by atoms with Gasteiger partial charge in [-0.05, 0) is 24.1 Å². The number of benzene rings is 1. The molecule has 2 aliphatic rings. The third-order valence-corrected chi connectivity index (χ3v) is 5.00. The van der Waals surface area contributed by atoms with Crippen molar-refractivity contribution in [3.63, 3.8) is 0 Å². The van der Waals surface area contributed by atoms with Gasteiger partial charge < -0.3 is 9.64 Å². The molecule has 0 N–H and O–H groups in total. The number of hydrogen-bond donors (Lipinski definition) is 0. The van der Waals surface area contributed by atoms with E-state index in [1.54, 1.807) is 0 Å². The molecular formula is C18H23N3O. The summed E-state index contributed by atoms with van der Waals surface area (Å²) in [6, 6.07) is 13.3. The van der Waals surface area contributed by atoms with Gasteiger partial charge in [0.2, 0.25) is 0 Å². The van der Waals surface area contributed by atoms with Crippen molar-refractivity contribution in [1.82, 2.24) is 9.88 Å². The highest BCUT2D eigenvalue weighted by Gasteiger charge is 2.35. The van der Waals surface area contributed by atoms with Crippen LogP contribution in [0.3, 0.4) is 0 Å². The summed E-state index contributed by atoms with van der Waals surface area (Å²) in [4.78, 5) is 9.89. The highest BCUT2D eigenvalue weighted by Crippen LogP contribution is 2.27. The number of rotatable bonds is 2. The number of anilines is 1. The molecule has 0 bridgehead atoms. The molecule has 0 spiro atoms. The monoisotopic (exact) mass is 297 g/mol. The van der Waals surface area contributed by atoms with Gasteiger partial charge in [-0.2, -0.15) is 0 Å². The molecule has 0 aliphatic carbocycles. The summed E-state index contributed by atoms with van der Waals surface area (Å²) < 4.78 is 5.49. The van der Waals surface area contributed by atoms with Crippen LogP contribution in [-0.2, 0) is 4.74 Å². The Morgan fingerprint density at radius 3 is 2.73 bits per heavy atom. The molecule has 1 aromatic carbocycles. The van der Waals surface area contributed by atoms with Gasteiger partial charge in [0.15, 0.2) is 0 Å². The summed E-state index contributed by atoms with van der Waals surface area (Å²) in [5, 5.41) is 1.21. The number of para-hydroxylation sites is 1. The zero-order valence-electron chi connectivity index (χ0n) is 13.1. The molecule has 116 valence electrons. The molecule has 3 heterocycles. The molecule has 2 fully saturated rings. The average Bonchev–Trinajstić information content (AvgIpc) is 2.97. The summed E-state index contributed by atoms with van der Waals surface area (Å²) in [6.45, 7) is 8.40. The van der Waals surface area contributed by atoms with E-state index < -0.39 is 0 Å². The zero-order valence-corrected chi connectivity index (χ0v) is 13.1. The predicted molar refractivity (Wildman–Crippen MR) is 89.3 cm³/mol. The lowest BCUT2D eigenvalue weighted by Crippen LogP contribution is -2.46. The smallest absolute Gasteiger partial charge is 0.129 e. The van der Waals surface area contributed by atoms with Crippen molar-refractivity contribution >= 4 is 16.7 Å². The molecule has 0 unspecified atom stereocenters.